The third-order valence-corrected chi connectivity index (χ3v) is 2.94. The Morgan fingerprint density at radius 1 is 1.45 bits per heavy atom. The molecule has 108 valence electrons. The molecule has 0 atom stereocenters. The Hall–Kier alpha value is -1.95. The van der Waals surface area contributed by atoms with Gasteiger partial charge in [-0.05, 0) is 33.3 Å². The third kappa shape index (κ3) is 3.14. The van der Waals surface area contributed by atoms with Crippen LogP contribution in [-0.2, 0) is 4.74 Å². The monoisotopic (exact) mass is 277 g/mol. The lowest BCUT2D eigenvalue weighted by Crippen LogP contribution is -2.25. The summed E-state index contributed by atoms with van der Waals surface area (Å²) in [6.45, 7) is 7.49. The van der Waals surface area contributed by atoms with Crippen LogP contribution in [0.25, 0.3) is 11.1 Å². The van der Waals surface area contributed by atoms with Gasteiger partial charge in [-0.1, -0.05) is 5.16 Å². The van der Waals surface area contributed by atoms with Crippen molar-refractivity contribution >= 4 is 17.0 Å². The standard InChI is InChI=1S/C14H19N3O3/c1-4-19-7-5-6-15-13(18)11-8-9(2)16-14-12(11)10(3)17-20-14/h8H,4-7H2,1-3H3,(H,15,18). The highest BCUT2D eigenvalue weighted by atomic mass is 16.5. The Balaban J connectivity index is 2.11. The van der Waals surface area contributed by atoms with E-state index in [2.05, 4.69) is 15.5 Å². The van der Waals surface area contributed by atoms with Crippen LogP contribution in [0, 0.1) is 13.8 Å². The van der Waals surface area contributed by atoms with Gasteiger partial charge in [0.2, 0.25) is 0 Å². The molecule has 2 heterocycles. The topological polar surface area (TPSA) is 77.2 Å². The summed E-state index contributed by atoms with van der Waals surface area (Å²) in [7, 11) is 0. The van der Waals surface area contributed by atoms with Gasteiger partial charge in [-0.3, -0.25) is 4.79 Å². The molecule has 2 rings (SSSR count). The van der Waals surface area contributed by atoms with Gasteiger partial charge >= 0.3 is 0 Å². The second-order valence-corrected chi connectivity index (χ2v) is 4.57. The lowest BCUT2D eigenvalue weighted by atomic mass is 10.1. The molecule has 0 spiro atoms. The molecule has 1 N–H and O–H groups in total. The molecule has 0 aliphatic carbocycles. The molecule has 1 amide bonds. The maximum Gasteiger partial charge on any atom is 0.258 e. The normalized spacial score (nSPS) is 10.9. The van der Waals surface area contributed by atoms with Gasteiger partial charge in [-0.25, -0.2) is 4.98 Å². The second kappa shape index (κ2) is 6.47. The molecule has 0 aliphatic rings. The van der Waals surface area contributed by atoms with E-state index in [0.29, 0.717) is 42.1 Å². The number of nitrogens with one attached hydrogen (secondary N) is 1. The van der Waals surface area contributed by atoms with Crippen LogP contribution in [0.15, 0.2) is 10.6 Å². The van der Waals surface area contributed by atoms with Crippen molar-refractivity contribution in [3.05, 3.63) is 23.0 Å². The summed E-state index contributed by atoms with van der Waals surface area (Å²) in [6.07, 6.45) is 0.787. The number of carbonyl (C=O) groups is 1. The minimum atomic E-state index is -0.136. The number of carbonyl (C=O) groups excluding carboxylic acids is 1. The maximum atomic E-state index is 12.2. The quantitative estimate of drug-likeness (QED) is 0.817. The second-order valence-electron chi connectivity index (χ2n) is 4.57. The van der Waals surface area contributed by atoms with E-state index >= 15 is 0 Å². The number of amides is 1. The van der Waals surface area contributed by atoms with E-state index in [1.807, 2.05) is 13.8 Å². The average Bonchev–Trinajstić information content (AvgIpc) is 2.79. The van der Waals surface area contributed by atoms with Gasteiger partial charge in [0, 0.05) is 25.5 Å². The minimum Gasteiger partial charge on any atom is -0.382 e. The number of hydrogen-bond donors (Lipinski definition) is 1. The Morgan fingerprint density at radius 3 is 3.00 bits per heavy atom. The highest BCUT2D eigenvalue weighted by Crippen LogP contribution is 2.21. The molecule has 0 saturated carbocycles. The Kier molecular flexibility index (Phi) is 4.68. The first kappa shape index (κ1) is 14.5. The predicted octanol–water partition coefficient (Wildman–Crippen LogP) is 2.00. The van der Waals surface area contributed by atoms with Crippen molar-refractivity contribution in [2.45, 2.75) is 27.2 Å². The number of nitrogens with zero attached hydrogens (tertiary/aromatic N) is 2. The maximum absolute atomic E-state index is 12.2. The van der Waals surface area contributed by atoms with Crippen molar-refractivity contribution in [2.75, 3.05) is 19.8 Å². The van der Waals surface area contributed by atoms with Crippen LogP contribution in [0.5, 0.6) is 0 Å². The summed E-state index contributed by atoms with van der Waals surface area (Å²) >= 11 is 0. The number of aromatic nitrogens is 2. The lowest BCUT2D eigenvalue weighted by Gasteiger charge is -2.07. The fourth-order valence-electron chi connectivity index (χ4n) is 2.01. The van der Waals surface area contributed by atoms with E-state index in [1.165, 1.54) is 0 Å². The molecule has 0 radical (unpaired) electrons. The largest absolute Gasteiger partial charge is 0.382 e. The first-order valence-corrected chi connectivity index (χ1v) is 6.73. The SMILES string of the molecule is CCOCCCNC(=O)c1cc(C)nc2onc(C)c12. The zero-order valence-corrected chi connectivity index (χ0v) is 12.0. The molecule has 6 heteroatoms. The number of hydrogen-bond acceptors (Lipinski definition) is 5. The average molecular weight is 277 g/mol. The smallest absolute Gasteiger partial charge is 0.258 e. The fourth-order valence-corrected chi connectivity index (χ4v) is 2.01. The van der Waals surface area contributed by atoms with Crippen molar-refractivity contribution in [1.82, 2.24) is 15.5 Å². The van der Waals surface area contributed by atoms with E-state index in [9.17, 15) is 4.79 Å². The molecule has 2 aromatic rings. The van der Waals surface area contributed by atoms with E-state index in [4.69, 9.17) is 9.26 Å². The summed E-state index contributed by atoms with van der Waals surface area (Å²) in [6, 6.07) is 1.75. The first-order chi connectivity index (χ1) is 9.63. The molecule has 0 aromatic carbocycles. The summed E-state index contributed by atoms with van der Waals surface area (Å²) in [5, 5.41) is 7.42. The van der Waals surface area contributed by atoms with Crippen LogP contribution < -0.4 is 5.32 Å². The molecule has 2 aromatic heterocycles. The summed E-state index contributed by atoms with van der Waals surface area (Å²) in [5.41, 5.74) is 2.37. The molecule has 6 nitrogen and oxygen atoms in total. The van der Waals surface area contributed by atoms with Crippen molar-refractivity contribution in [1.29, 1.82) is 0 Å². The Morgan fingerprint density at radius 2 is 2.25 bits per heavy atom. The number of fused-ring (bicyclic) bond motifs is 1. The van der Waals surface area contributed by atoms with Gasteiger partial charge in [0.15, 0.2) is 0 Å². The number of rotatable bonds is 6. The lowest BCUT2D eigenvalue weighted by molar-refractivity contribution is 0.0945. The summed E-state index contributed by atoms with van der Waals surface area (Å²) < 4.78 is 10.3. The van der Waals surface area contributed by atoms with Gasteiger partial charge in [0.1, 0.15) is 0 Å². The van der Waals surface area contributed by atoms with Crippen LogP contribution in [0.1, 0.15) is 35.1 Å². The molecule has 0 bridgehead atoms. The number of aryl methyl sites for hydroxylation is 2. The molecular formula is C14H19N3O3. The molecule has 0 unspecified atom stereocenters. The zero-order chi connectivity index (χ0) is 14.5. The molecule has 0 saturated heterocycles. The van der Waals surface area contributed by atoms with Gasteiger partial charge in [-0.15, -0.1) is 0 Å². The van der Waals surface area contributed by atoms with Gasteiger partial charge in [0.25, 0.3) is 11.6 Å². The third-order valence-electron chi connectivity index (χ3n) is 2.94. The first-order valence-electron chi connectivity index (χ1n) is 6.73. The summed E-state index contributed by atoms with van der Waals surface area (Å²) in [4.78, 5) is 16.5. The van der Waals surface area contributed by atoms with Crippen LogP contribution in [0.2, 0.25) is 0 Å². The Bertz CT molecular complexity index is 607. The van der Waals surface area contributed by atoms with Crippen molar-refractivity contribution < 1.29 is 14.1 Å². The molecule has 20 heavy (non-hydrogen) atoms. The van der Waals surface area contributed by atoms with E-state index in [-0.39, 0.29) is 5.91 Å². The number of ether oxygens (including phenoxy) is 1. The highest BCUT2D eigenvalue weighted by molar-refractivity contribution is 6.05. The van der Waals surface area contributed by atoms with Crippen molar-refractivity contribution in [2.24, 2.45) is 0 Å². The van der Waals surface area contributed by atoms with E-state index in [0.717, 1.165) is 12.1 Å². The van der Waals surface area contributed by atoms with Gasteiger partial charge < -0.3 is 14.6 Å². The van der Waals surface area contributed by atoms with E-state index < -0.39 is 0 Å². The van der Waals surface area contributed by atoms with Gasteiger partial charge in [-0.2, -0.15) is 0 Å². The molecule has 0 aliphatic heterocycles. The molecular weight excluding hydrogens is 258 g/mol. The highest BCUT2D eigenvalue weighted by Gasteiger charge is 2.17. The van der Waals surface area contributed by atoms with Crippen LogP contribution in [0.4, 0.5) is 0 Å². The van der Waals surface area contributed by atoms with Gasteiger partial charge in [0.05, 0.1) is 16.6 Å². The van der Waals surface area contributed by atoms with Crippen LogP contribution in [0.3, 0.4) is 0 Å². The molecule has 0 fully saturated rings. The summed E-state index contributed by atoms with van der Waals surface area (Å²) in [5.74, 6) is -0.136. The predicted molar refractivity (Wildman–Crippen MR) is 74.7 cm³/mol. The van der Waals surface area contributed by atoms with Crippen molar-refractivity contribution in [3.63, 3.8) is 0 Å². The minimum absolute atomic E-state index is 0.136. The van der Waals surface area contributed by atoms with Crippen molar-refractivity contribution in [3.8, 4) is 0 Å². The zero-order valence-electron chi connectivity index (χ0n) is 12.0. The fraction of sp³-hybridized carbons (Fsp3) is 0.500. The number of pyridine rings is 1. The van der Waals surface area contributed by atoms with Crippen LogP contribution >= 0.6 is 0 Å². The van der Waals surface area contributed by atoms with Crippen LogP contribution in [-0.4, -0.2) is 35.8 Å². The Labute approximate surface area is 117 Å². The van der Waals surface area contributed by atoms with E-state index in [1.54, 1.807) is 13.0 Å².